The lowest BCUT2D eigenvalue weighted by Gasteiger charge is -2.50. The van der Waals surface area contributed by atoms with Crippen molar-refractivity contribution in [3.05, 3.63) is 94.0 Å². The van der Waals surface area contributed by atoms with Crippen LogP contribution in [-0.4, -0.2) is 23.6 Å². The van der Waals surface area contributed by atoms with Gasteiger partial charge in [0.15, 0.2) is 5.72 Å². The molecule has 168 valence electrons. The van der Waals surface area contributed by atoms with E-state index in [1.807, 2.05) is 12.1 Å². The Balaban J connectivity index is 1.35. The fraction of sp³-hybridized carbons (Fsp3) is 0.321. The molecule has 2 heterocycles. The van der Waals surface area contributed by atoms with Crippen molar-refractivity contribution in [2.45, 2.75) is 49.8 Å². The molecule has 1 aliphatic carbocycles. The molecule has 1 spiro atoms. The molecule has 0 bridgehead atoms. The van der Waals surface area contributed by atoms with Crippen LogP contribution in [0.4, 0.5) is 0 Å². The number of methoxy groups -OCH3 is 1. The quantitative estimate of drug-likeness (QED) is 0.384. The van der Waals surface area contributed by atoms with Crippen LogP contribution in [0.2, 0.25) is 0 Å². The van der Waals surface area contributed by atoms with Gasteiger partial charge in [-0.1, -0.05) is 46.3 Å². The summed E-state index contributed by atoms with van der Waals surface area (Å²) in [5.41, 5.74) is 4.53. The number of rotatable bonds is 3. The van der Waals surface area contributed by atoms with Crippen molar-refractivity contribution in [2.24, 2.45) is 5.10 Å². The van der Waals surface area contributed by atoms with E-state index < -0.39 is 0 Å². The monoisotopic (exact) mass is 502 g/mol. The second-order valence-electron chi connectivity index (χ2n) is 9.26. The average Bonchev–Trinajstić information content (AvgIpc) is 3.33. The Labute approximate surface area is 203 Å². The van der Waals surface area contributed by atoms with Gasteiger partial charge in [0, 0.05) is 29.3 Å². The van der Waals surface area contributed by atoms with Gasteiger partial charge in [-0.3, -0.25) is 0 Å². The lowest BCUT2D eigenvalue weighted by atomic mass is 9.78. The van der Waals surface area contributed by atoms with E-state index in [1.165, 1.54) is 11.1 Å². The van der Waals surface area contributed by atoms with Crippen molar-refractivity contribution in [2.75, 3.05) is 7.11 Å². The molecule has 1 fully saturated rings. The first-order valence-electron chi connectivity index (χ1n) is 11.7. The fourth-order valence-corrected chi connectivity index (χ4v) is 6.05. The number of fused-ring (bicyclic) bond motifs is 4. The highest BCUT2D eigenvalue weighted by atomic mass is 79.9. The van der Waals surface area contributed by atoms with Gasteiger partial charge in [-0.2, -0.15) is 5.10 Å². The molecule has 0 amide bonds. The standard InChI is InChI=1S/C28H27BrN2O2/c1-32-23-10-7-21(8-11-23)25-18-26-24-17-22(29)9-12-27(24)33-28(31(26)30-25)15-13-20(14-16-28)19-5-3-2-4-6-19/h2-12,17,20,26H,13-16,18H2,1H3. The van der Waals surface area contributed by atoms with Crippen molar-refractivity contribution in [3.63, 3.8) is 0 Å². The van der Waals surface area contributed by atoms with Gasteiger partial charge in [0.1, 0.15) is 11.5 Å². The molecule has 1 atom stereocenters. The summed E-state index contributed by atoms with van der Waals surface area (Å²) in [5, 5.41) is 7.50. The number of hydrogen-bond acceptors (Lipinski definition) is 4. The van der Waals surface area contributed by atoms with Crippen molar-refractivity contribution in [1.82, 2.24) is 5.01 Å². The Hall–Kier alpha value is -2.79. The summed E-state index contributed by atoms with van der Waals surface area (Å²) >= 11 is 3.66. The maximum atomic E-state index is 6.81. The van der Waals surface area contributed by atoms with Crippen LogP contribution in [0.25, 0.3) is 0 Å². The highest BCUT2D eigenvalue weighted by Gasteiger charge is 2.52. The molecule has 3 aromatic carbocycles. The molecule has 0 saturated heterocycles. The van der Waals surface area contributed by atoms with Gasteiger partial charge in [0.05, 0.1) is 18.9 Å². The zero-order valence-corrected chi connectivity index (χ0v) is 20.3. The molecule has 5 heteroatoms. The van der Waals surface area contributed by atoms with E-state index in [-0.39, 0.29) is 11.8 Å². The molecular formula is C28H27BrN2O2. The highest BCUT2D eigenvalue weighted by molar-refractivity contribution is 9.10. The summed E-state index contributed by atoms with van der Waals surface area (Å²) in [5.74, 6) is 2.45. The van der Waals surface area contributed by atoms with E-state index in [4.69, 9.17) is 14.6 Å². The molecule has 0 aromatic heterocycles. The number of ether oxygens (including phenoxy) is 2. The summed E-state index contributed by atoms with van der Waals surface area (Å²) < 4.78 is 13.2. The smallest absolute Gasteiger partial charge is 0.198 e. The Morgan fingerprint density at radius 3 is 2.48 bits per heavy atom. The molecule has 0 radical (unpaired) electrons. The predicted molar refractivity (Wildman–Crippen MR) is 134 cm³/mol. The number of hydrazone groups is 1. The first-order chi connectivity index (χ1) is 16.1. The Morgan fingerprint density at radius 1 is 1.00 bits per heavy atom. The fourth-order valence-electron chi connectivity index (χ4n) is 5.67. The molecule has 3 aromatic rings. The first kappa shape index (κ1) is 20.8. The number of halogens is 1. The summed E-state index contributed by atoms with van der Waals surface area (Å²) in [6.45, 7) is 0. The van der Waals surface area contributed by atoms with Gasteiger partial charge < -0.3 is 9.47 Å². The van der Waals surface area contributed by atoms with Crippen LogP contribution in [0.3, 0.4) is 0 Å². The van der Waals surface area contributed by atoms with Crippen LogP contribution in [0.5, 0.6) is 11.5 Å². The third-order valence-corrected chi connectivity index (χ3v) is 7.91. The van der Waals surface area contributed by atoms with Crippen molar-refractivity contribution in [3.8, 4) is 11.5 Å². The molecule has 1 saturated carbocycles. The maximum absolute atomic E-state index is 6.81. The van der Waals surface area contributed by atoms with Gasteiger partial charge in [-0.25, -0.2) is 5.01 Å². The van der Waals surface area contributed by atoms with Gasteiger partial charge in [0.25, 0.3) is 0 Å². The third-order valence-electron chi connectivity index (χ3n) is 7.42. The van der Waals surface area contributed by atoms with Crippen molar-refractivity contribution >= 4 is 21.6 Å². The largest absolute Gasteiger partial charge is 0.497 e. The second-order valence-corrected chi connectivity index (χ2v) is 10.2. The molecular weight excluding hydrogens is 476 g/mol. The Bertz CT molecular complexity index is 1180. The normalized spacial score (nSPS) is 25.8. The molecule has 0 N–H and O–H groups in total. The SMILES string of the molecule is COc1ccc(C2=NN3C(C2)c2cc(Br)ccc2OC32CCC(c3ccccc3)CC2)cc1. The number of nitrogens with zero attached hydrogens (tertiary/aromatic N) is 2. The molecule has 33 heavy (non-hydrogen) atoms. The predicted octanol–water partition coefficient (Wildman–Crippen LogP) is 7.06. The minimum atomic E-state index is -0.384. The minimum absolute atomic E-state index is 0.191. The van der Waals surface area contributed by atoms with E-state index in [2.05, 4.69) is 81.6 Å². The van der Waals surface area contributed by atoms with Crippen molar-refractivity contribution < 1.29 is 9.47 Å². The summed E-state index contributed by atoms with van der Waals surface area (Å²) in [4.78, 5) is 0. The van der Waals surface area contributed by atoms with Gasteiger partial charge >= 0.3 is 0 Å². The maximum Gasteiger partial charge on any atom is 0.198 e. The van der Waals surface area contributed by atoms with Crippen LogP contribution in [0.15, 0.2) is 82.4 Å². The molecule has 3 aliphatic rings. The van der Waals surface area contributed by atoms with Crippen LogP contribution < -0.4 is 9.47 Å². The lowest BCUT2D eigenvalue weighted by molar-refractivity contribution is -0.142. The summed E-state index contributed by atoms with van der Waals surface area (Å²) in [6.07, 6.45) is 5.03. The van der Waals surface area contributed by atoms with Gasteiger partial charge in [-0.05, 0) is 72.4 Å². The second kappa shape index (κ2) is 8.21. The minimum Gasteiger partial charge on any atom is -0.497 e. The number of benzene rings is 3. The van der Waals surface area contributed by atoms with Crippen LogP contribution in [0.1, 0.15) is 60.8 Å². The zero-order valence-electron chi connectivity index (χ0n) is 18.7. The van der Waals surface area contributed by atoms with E-state index in [1.54, 1.807) is 7.11 Å². The Morgan fingerprint density at radius 2 is 1.76 bits per heavy atom. The van der Waals surface area contributed by atoms with Gasteiger partial charge in [0.2, 0.25) is 0 Å². The molecule has 2 aliphatic heterocycles. The molecule has 1 unspecified atom stereocenters. The molecule has 6 rings (SSSR count). The number of hydrogen-bond donors (Lipinski definition) is 0. The summed E-state index contributed by atoms with van der Waals surface area (Å²) in [7, 11) is 1.70. The van der Waals surface area contributed by atoms with Crippen LogP contribution in [0, 0.1) is 0 Å². The highest BCUT2D eigenvalue weighted by Crippen LogP contribution is 2.53. The summed E-state index contributed by atoms with van der Waals surface area (Å²) in [6, 6.07) is 25.7. The van der Waals surface area contributed by atoms with E-state index in [9.17, 15) is 0 Å². The Kier molecular flexibility index (Phi) is 5.17. The lowest BCUT2D eigenvalue weighted by Crippen LogP contribution is -2.55. The van der Waals surface area contributed by atoms with E-state index in [0.29, 0.717) is 5.92 Å². The third kappa shape index (κ3) is 3.63. The van der Waals surface area contributed by atoms with Gasteiger partial charge in [-0.15, -0.1) is 0 Å². The first-order valence-corrected chi connectivity index (χ1v) is 12.5. The average molecular weight is 503 g/mol. The van der Waals surface area contributed by atoms with Crippen LogP contribution >= 0.6 is 15.9 Å². The van der Waals surface area contributed by atoms with E-state index >= 15 is 0 Å². The van der Waals surface area contributed by atoms with Crippen LogP contribution in [-0.2, 0) is 0 Å². The van der Waals surface area contributed by atoms with E-state index in [0.717, 1.165) is 59.4 Å². The molecule has 4 nitrogen and oxygen atoms in total. The van der Waals surface area contributed by atoms with Crippen molar-refractivity contribution in [1.29, 1.82) is 0 Å². The topological polar surface area (TPSA) is 34.1 Å². The zero-order chi connectivity index (χ0) is 22.4.